The molecule has 0 spiro atoms. The van der Waals surface area contributed by atoms with Crippen LogP contribution in [0.15, 0.2) is 4.99 Å². The molecule has 1 aliphatic rings. The van der Waals surface area contributed by atoms with Gasteiger partial charge in [0, 0.05) is 18.6 Å². The van der Waals surface area contributed by atoms with Gasteiger partial charge < -0.3 is 4.90 Å². The van der Waals surface area contributed by atoms with Gasteiger partial charge in [-0.25, -0.2) is 10.8 Å². The van der Waals surface area contributed by atoms with Crippen LogP contribution in [-0.4, -0.2) is 29.5 Å². The van der Waals surface area contributed by atoms with Gasteiger partial charge in [0.05, 0.1) is 0 Å². The Morgan fingerprint density at radius 1 is 1.64 bits per heavy atom. The van der Waals surface area contributed by atoms with Crippen LogP contribution in [0.1, 0.15) is 40.0 Å². The van der Waals surface area contributed by atoms with Gasteiger partial charge in [-0.1, -0.05) is 6.92 Å². The minimum Gasteiger partial charge on any atom is -0.339 e. The molecule has 0 saturated carbocycles. The van der Waals surface area contributed by atoms with Crippen LogP contribution in [0.2, 0.25) is 0 Å². The predicted octanol–water partition coefficient (Wildman–Crippen LogP) is 1.09. The third-order valence-electron chi connectivity index (χ3n) is 2.63. The third-order valence-corrected chi connectivity index (χ3v) is 2.63. The van der Waals surface area contributed by atoms with Gasteiger partial charge in [-0.3, -0.25) is 5.43 Å². The SMILES string of the molecule is CCC1CCCN1C(=NC(C)C)NN. The number of nitrogens with one attached hydrogen (secondary N) is 1. The van der Waals surface area contributed by atoms with E-state index in [-0.39, 0.29) is 0 Å². The fourth-order valence-electron chi connectivity index (χ4n) is 1.98. The highest BCUT2D eigenvalue weighted by atomic mass is 15.4. The molecule has 0 aliphatic carbocycles. The molecule has 0 aromatic carbocycles. The summed E-state index contributed by atoms with van der Waals surface area (Å²) in [6.07, 6.45) is 3.67. The van der Waals surface area contributed by atoms with Crippen molar-refractivity contribution in [3.05, 3.63) is 0 Å². The Morgan fingerprint density at radius 3 is 2.86 bits per heavy atom. The summed E-state index contributed by atoms with van der Waals surface area (Å²) in [6, 6.07) is 0.905. The molecule has 1 rings (SSSR count). The molecule has 82 valence electrons. The summed E-state index contributed by atoms with van der Waals surface area (Å²) >= 11 is 0. The van der Waals surface area contributed by atoms with E-state index in [1.54, 1.807) is 0 Å². The summed E-state index contributed by atoms with van der Waals surface area (Å²) in [6.45, 7) is 7.42. The van der Waals surface area contributed by atoms with E-state index in [0.717, 1.165) is 12.5 Å². The second-order valence-electron chi connectivity index (χ2n) is 4.09. The first-order chi connectivity index (χ1) is 6.69. The zero-order valence-corrected chi connectivity index (χ0v) is 9.45. The first kappa shape index (κ1) is 11.3. The summed E-state index contributed by atoms with van der Waals surface area (Å²) in [4.78, 5) is 6.77. The zero-order chi connectivity index (χ0) is 10.6. The summed E-state index contributed by atoms with van der Waals surface area (Å²) < 4.78 is 0. The van der Waals surface area contributed by atoms with E-state index in [2.05, 4.69) is 36.1 Å². The van der Waals surface area contributed by atoms with E-state index in [1.165, 1.54) is 19.3 Å². The lowest BCUT2D eigenvalue weighted by molar-refractivity contribution is 0.365. The van der Waals surface area contributed by atoms with Gasteiger partial charge in [0.15, 0.2) is 0 Å². The van der Waals surface area contributed by atoms with E-state index < -0.39 is 0 Å². The second-order valence-corrected chi connectivity index (χ2v) is 4.09. The highest BCUT2D eigenvalue weighted by Crippen LogP contribution is 2.19. The summed E-state index contributed by atoms with van der Waals surface area (Å²) in [5, 5.41) is 0. The van der Waals surface area contributed by atoms with Gasteiger partial charge in [0.1, 0.15) is 0 Å². The number of likely N-dealkylation sites (tertiary alicyclic amines) is 1. The normalized spacial score (nSPS) is 23.4. The molecule has 4 nitrogen and oxygen atoms in total. The fraction of sp³-hybridized carbons (Fsp3) is 0.900. The van der Waals surface area contributed by atoms with Gasteiger partial charge in [-0.15, -0.1) is 0 Å². The van der Waals surface area contributed by atoms with Crippen molar-refractivity contribution in [1.29, 1.82) is 0 Å². The Morgan fingerprint density at radius 2 is 2.36 bits per heavy atom. The fourth-order valence-corrected chi connectivity index (χ4v) is 1.98. The molecule has 1 saturated heterocycles. The molecule has 0 aromatic rings. The van der Waals surface area contributed by atoms with Gasteiger partial charge in [0.2, 0.25) is 5.96 Å². The Hall–Kier alpha value is -0.770. The van der Waals surface area contributed by atoms with Crippen molar-refractivity contribution in [2.24, 2.45) is 10.8 Å². The quantitative estimate of drug-likeness (QED) is 0.302. The smallest absolute Gasteiger partial charge is 0.208 e. The van der Waals surface area contributed by atoms with E-state index in [4.69, 9.17) is 5.84 Å². The summed E-state index contributed by atoms with van der Waals surface area (Å²) in [5.41, 5.74) is 2.72. The maximum atomic E-state index is 5.50. The minimum absolute atomic E-state index is 0.291. The number of hydrogen-bond acceptors (Lipinski definition) is 2. The lowest BCUT2D eigenvalue weighted by Crippen LogP contribution is -2.47. The third kappa shape index (κ3) is 2.61. The van der Waals surface area contributed by atoms with Gasteiger partial charge in [0.25, 0.3) is 0 Å². The summed E-state index contributed by atoms with van der Waals surface area (Å²) in [7, 11) is 0. The second kappa shape index (κ2) is 5.20. The molecular weight excluding hydrogens is 176 g/mol. The van der Waals surface area contributed by atoms with Crippen LogP contribution in [0.5, 0.6) is 0 Å². The monoisotopic (exact) mass is 198 g/mol. The highest BCUT2D eigenvalue weighted by molar-refractivity contribution is 5.80. The maximum absolute atomic E-state index is 5.50. The Labute approximate surface area is 86.5 Å². The van der Waals surface area contributed by atoms with Crippen molar-refractivity contribution in [2.75, 3.05) is 6.54 Å². The number of guanidine groups is 1. The molecule has 0 radical (unpaired) electrons. The molecule has 1 atom stereocenters. The predicted molar refractivity (Wildman–Crippen MR) is 59.9 cm³/mol. The number of aliphatic imine (C=N–C) groups is 1. The van der Waals surface area contributed by atoms with Gasteiger partial charge >= 0.3 is 0 Å². The Kier molecular flexibility index (Phi) is 4.20. The molecule has 1 heterocycles. The standard InChI is InChI=1S/C10H22N4/c1-4-9-6-5-7-14(9)10(13-11)12-8(2)3/h8-9H,4-7,11H2,1-3H3,(H,12,13). The van der Waals surface area contributed by atoms with Gasteiger partial charge in [-0.2, -0.15) is 0 Å². The maximum Gasteiger partial charge on any atom is 0.208 e. The van der Waals surface area contributed by atoms with E-state index in [1.807, 2.05) is 0 Å². The zero-order valence-electron chi connectivity index (χ0n) is 9.45. The molecule has 1 fully saturated rings. The molecule has 1 unspecified atom stereocenters. The van der Waals surface area contributed by atoms with Crippen molar-refractivity contribution in [3.63, 3.8) is 0 Å². The number of rotatable bonds is 2. The van der Waals surface area contributed by atoms with Crippen molar-refractivity contribution in [3.8, 4) is 0 Å². The molecule has 0 amide bonds. The van der Waals surface area contributed by atoms with Crippen LogP contribution in [0.4, 0.5) is 0 Å². The first-order valence-electron chi connectivity index (χ1n) is 5.50. The van der Waals surface area contributed by atoms with Crippen molar-refractivity contribution in [1.82, 2.24) is 10.3 Å². The molecule has 14 heavy (non-hydrogen) atoms. The number of nitrogens with two attached hydrogens (primary N) is 1. The number of hydrogen-bond donors (Lipinski definition) is 2. The van der Waals surface area contributed by atoms with Crippen molar-refractivity contribution < 1.29 is 0 Å². The van der Waals surface area contributed by atoms with E-state index in [0.29, 0.717) is 12.1 Å². The largest absolute Gasteiger partial charge is 0.339 e. The van der Waals surface area contributed by atoms with E-state index in [9.17, 15) is 0 Å². The Balaban J connectivity index is 2.68. The molecule has 0 aromatic heterocycles. The van der Waals surface area contributed by atoms with Crippen molar-refractivity contribution >= 4 is 5.96 Å². The molecule has 4 heteroatoms. The summed E-state index contributed by atoms with van der Waals surface area (Å²) in [5.74, 6) is 6.35. The lowest BCUT2D eigenvalue weighted by Gasteiger charge is -2.26. The van der Waals surface area contributed by atoms with Crippen LogP contribution in [0.25, 0.3) is 0 Å². The van der Waals surface area contributed by atoms with Crippen LogP contribution in [0, 0.1) is 0 Å². The first-order valence-corrected chi connectivity index (χ1v) is 5.50. The average molecular weight is 198 g/mol. The highest BCUT2D eigenvalue weighted by Gasteiger charge is 2.25. The van der Waals surface area contributed by atoms with Crippen LogP contribution in [0.3, 0.4) is 0 Å². The molecule has 3 N–H and O–H groups in total. The molecular formula is C10H22N4. The Bertz CT molecular complexity index is 200. The lowest BCUT2D eigenvalue weighted by atomic mass is 10.2. The van der Waals surface area contributed by atoms with Crippen LogP contribution < -0.4 is 11.3 Å². The number of nitrogens with zero attached hydrogens (tertiary/aromatic N) is 2. The van der Waals surface area contributed by atoms with E-state index >= 15 is 0 Å². The van der Waals surface area contributed by atoms with Crippen LogP contribution in [-0.2, 0) is 0 Å². The minimum atomic E-state index is 0.291. The van der Waals surface area contributed by atoms with Crippen molar-refractivity contribution in [2.45, 2.75) is 52.1 Å². The molecule has 1 aliphatic heterocycles. The number of hydrazine groups is 1. The topological polar surface area (TPSA) is 53.6 Å². The average Bonchev–Trinajstić information content (AvgIpc) is 2.61. The van der Waals surface area contributed by atoms with Crippen LogP contribution >= 0.6 is 0 Å². The molecule has 0 bridgehead atoms. The van der Waals surface area contributed by atoms with Gasteiger partial charge in [-0.05, 0) is 33.1 Å².